The van der Waals surface area contributed by atoms with Gasteiger partial charge in [0.25, 0.3) is 0 Å². The number of aromatic nitrogens is 4. The van der Waals surface area contributed by atoms with E-state index < -0.39 is 17.8 Å². The van der Waals surface area contributed by atoms with E-state index in [1.54, 1.807) is 0 Å². The van der Waals surface area contributed by atoms with Crippen LogP contribution in [-0.4, -0.2) is 43.6 Å². The normalized spacial score (nSPS) is 25.9. The molecule has 0 unspecified atom stereocenters. The van der Waals surface area contributed by atoms with Crippen LogP contribution in [0.4, 0.5) is 10.2 Å². The van der Waals surface area contributed by atoms with E-state index in [0.717, 1.165) is 17.4 Å². The number of aryl methyl sites for hydroxylation is 1. The molecule has 2 saturated heterocycles. The van der Waals surface area contributed by atoms with Crippen molar-refractivity contribution < 1.29 is 18.6 Å². The van der Waals surface area contributed by atoms with Crippen LogP contribution in [0.25, 0.3) is 21.9 Å². The number of pyridine rings is 1. The topological polar surface area (TPSA) is 97.3 Å². The summed E-state index contributed by atoms with van der Waals surface area (Å²) in [7, 11) is 0. The van der Waals surface area contributed by atoms with Gasteiger partial charge in [0, 0.05) is 11.6 Å². The van der Waals surface area contributed by atoms with Gasteiger partial charge < -0.3 is 24.5 Å². The number of nitrogens with zero attached hydrogens (tertiary/aromatic N) is 4. The maximum Gasteiger partial charge on any atom is 0.165 e. The van der Waals surface area contributed by atoms with Crippen molar-refractivity contribution in [1.82, 2.24) is 19.5 Å². The molecule has 8 nitrogen and oxygen atoms in total. The zero-order valence-electron chi connectivity index (χ0n) is 18.6. The van der Waals surface area contributed by atoms with Crippen LogP contribution in [0.15, 0.2) is 42.9 Å². The monoisotopic (exact) mass is 483 g/mol. The zero-order valence-corrected chi connectivity index (χ0v) is 19.4. The molecule has 2 aliphatic heterocycles. The van der Waals surface area contributed by atoms with Crippen molar-refractivity contribution in [3.8, 4) is 0 Å². The first-order valence-corrected chi connectivity index (χ1v) is 11.5. The van der Waals surface area contributed by atoms with Gasteiger partial charge in [0.05, 0.1) is 17.0 Å². The molecule has 4 aromatic rings. The Kier molecular flexibility index (Phi) is 5.00. The Hall–Kier alpha value is -2.85. The van der Waals surface area contributed by atoms with Crippen LogP contribution in [0.5, 0.6) is 0 Å². The summed E-state index contributed by atoms with van der Waals surface area (Å²) in [5, 5.41) is 1.86. The van der Waals surface area contributed by atoms with E-state index in [4.69, 9.17) is 31.5 Å². The Balaban J connectivity index is 1.27. The van der Waals surface area contributed by atoms with Crippen molar-refractivity contribution in [3.05, 3.63) is 59.4 Å². The quantitative estimate of drug-likeness (QED) is 0.429. The highest BCUT2D eigenvalue weighted by atomic mass is 35.5. The lowest BCUT2D eigenvalue weighted by Gasteiger charge is -2.25. The fourth-order valence-corrected chi connectivity index (χ4v) is 5.12. The van der Waals surface area contributed by atoms with E-state index in [-0.39, 0.29) is 24.1 Å². The summed E-state index contributed by atoms with van der Waals surface area (Å²) >= 11 is 6.24. The lowest BCUT2D eigenvalue weighted by molar-refractivity contribution is -0.196. The Morgan fingerprint density at radius 3 is 2.82 bits per heavy atom. The number of nitrogens with two attached hydrogens (primary N) is 1. The molecule has 0 radical (unpaired) electrons. The number of benzene rings is 1. The molecular weight excluding hydrogens is 461 g/mol. The van der Waals surface area contributed by atoms with E-state index in [1.165, 1.54) is 12.4 Å². The van der Waals surface area contributed by atoms with Crippen molar-refractivity contribution in [3.63, 3.8) is 0 Å². The molecule has 0 bridgehead atoms. The van der Waals surface area contributed by atoms with Gasteiger partial charge in [0.15, 0.2) is 23.7 Å². The molecule has 2 fully saturated rings. The Morgan fingerprint density at radius 1 is 1.15 bits per heavy atom. The minimum atomic E-state index is -0.723. The summed E-state index contributed by atoms with van der Waals surface area (Å²) in [6, 6.07) is 9.04. The number of hydrogen-bond acceptors (Lipinski definition) is 7. The number of hydrogen-bond donors (Lipinski definition) is 1. The maximum absolute atomic E-state index is 13.7. The van der Waals surface area contributed by atoms with Crippen molar-refractivity contribution in [2.24, 2.45) is 0 Å². The zero-order chi connectivity index (χ0) is 23.6. The van der Waals surface area contributed by atoms with Gasteiger partial charge >= 0.3 is 0 Å². The second-order valence-electron chi connectivity index (χ2n) is 9.18. The molecule has 4 atom stereocenters. The van der Waals surface area contributed by atoms with Crippen LogP contribution in [0.2, 0.25) is 5.15 Å². The minimum Gasteiger partial charge on any atom is -0.381 e. The van der Waals surface area contributed by atoms with Crippen molar-refractivity contribution in [2.75, 3.05) is 5.73 Å². The second kappa shape index (κ2) is 7.84. The maximum atomic E-state index is 13.7. The number of anilines is 1. The average Bonchev–Trinajstić information content (AvgIpc) is 3.45. The highest BCUT2D eigenvalue weighted by Crippen LogP contribution is 2.45. The van der Waals surface area contributed by atoms with Crippen molar-refractivity contribution >= 4 is 39.4 Å². The molecule has 0 amide bonds. The fraction of sp³-hybridized carbons (Fsp3) is 0.375. The summed E-state index contributed by atoms with van der Waals surface area (Å²) in [4.78, 5) is 12.6. The Morgan fingerprint density at radius 2 is 1.97 bits per heavy atom. The Bertz CT molecular complexity index is 1410. The second-order valence-corrected chi connectivity index (χ2v) is 9.53. The summed E-state index contributed by atoms with van der Waals surface area (Å²) in [6.45, 7) is 3.82. The number of nitrogen functional groups attached to an aromatic ring is 1. The minimum absolute atomic E-state index is 0.101. The van der Waals surface area contributed by atoms with Crippen LogP contribution in [0.3, 0.4) is 0 Å². The smallest absolute Gasteiger partial charge is 0.165 e. The van der Waals surface area contributed by atoms with Crippen LogP contribution in [-0.2, 0) is 20.6 Å². The van der Waals surface area contributed by atoms with Gasteiger partial charge in [-0.05, 0) is 50.5 Å². The molecule has 176 valence electrons. The van der Waals surface area contributed by atoms with E-state index in [9.17, 15) is 4.39 Å². The van der Waals surface area contributed by atoms with Gasteiger partial charge in [0.1, 0.15) is 29.3 Å². The van der Waals surface area contributed by atoms with Gasteiger partial charge in [-0.2, -0.15) is 0 Å². The Labute approximate surface area is 199 Å². The molecule has 6 rings (SSSR count). The van der Waals surface area contributed by atoms with E-state index in [1.807, 2.05) is 48.9 Å². The third-order valence-electron chi connectivity index (χ3n) is 6.44. The highest BCUT2D eigenvalue weighted by Gasteiger charge is 2.55. The molecule has 2 aliphatic rings. The number of ether oxygens (including phenoxy) is 3. The molecule has 10 heteroatoms. The molecule has 5 heterocycles. The van der Waals surface area contributed by atoms with Gasteiger partial charge in [-0.15, -0.1) is 0 Å². The largest absolute Gasteiger partial charge is 0.381 e. The summed E-state index contributed by atoms with van der Waals surface area (Å²) < 4.78 is 34.6. The van der Waals surface area contributed by atoms with E-state index >= 15 is 0 Å². The highest BCUT2D eigenvalue weighted by molar-refractivity contribution is 6.33. The molecule has 1 aromatic carbocycles. The van der Waals surface area contributed by atoms with Crippen molar-refractivity contribution in [1.29, 1.82) is 0 Å². The third kappa shape index (κ3) is 3.60. The summed E-state index contributed by atoms with van der Waals surface area (Å²) in [6.07, 6.45) is 3.60. The molecule has 3 aromatic heterocycles. The third-order valence-corrected chi connectivity index (χ3v) is 6.74. The molecular formula is C24H23ClFN5O3. The lowest BCUT2D eigenvalue weighted by Crippen LogP contribution is -2.29. The molecule has 0 aliphatic carbocycles. The first-order valence-electron chi connectivity index (χ1n) is 11.1. The first-order chi connectivity index (χ1) is 16.3. The first kappa shape index (κ1) is 21.7. The average molecular weight is 484 g/mol. The van der Waals surface area contributed by atoms with Crippen LogP contribution < -0.4 is 5.73 Å². The van der Waals surface area contributed by atoms with Gasteiger partial charge in [-0.1, -0.05) is 23.7 Å². The summed E-state index contributed by atoms with van der Waals surface area (Å²) in [5.74, 6) is -1.34. The molecule has 2 N–H and O–H groups in total. The van der Waals surface area contributed by atoms with E-state index in [0.29, 0.717) is 28.1 Å². The lowest BCUT2D eigenvalue weighted by atomic mass is 10.0. The predicted molar refractivity (Wildman–Crippen MR) is 125 cm³/mol. The van der Waals surface area contributed by atoms with Crippen molar-refractivity contribution in [2.45, 2.75) is 57.0 Å². The predicted octanol–water partition coefficient (Wildman–Crippen LogP) is 4.40. The fourth-order valence-electron chi connectivity index (χ4n) is 4.93. The number of rotatable bonds is 4. The standard InChI is InChI=1S/C24H23ClFN5O3/c1-24(2)33-18-17(6-4-12-3-5-13-10-15(26)21(27)30-16(13)9-12)32-23(19(18)34-24)31-8-7-14-20(25)28-11-29-22(14)31/h3,5,7-11,17-19,23H,4,6H2,1-2H3,(H2,27,30)/t17-,18-,19-,23-/m1/s1. The van der Waals surface area contributed by atoms with Gasteiger partial charge in [-0.25, -0.2) is 19.3 Å². The number of halogens is 2. The molecule has 0 spiro atoms. The van der Waals surface area contributed by atoms with Gasteiger partial charge in [-0.3, -0.25) is 0 Å². The number of fused-ring (bicyclic) bond motifs is 3. The van der Waals surface area contributed by atoms with Crippen LogP contribution >= 0.6 is 11.6 Å². The van der Waals surface area contributed by atoms with Crippen LogP contribution in [0, 0.1) is 5.82 Å². The SMILES string of the molecule is CC1(C)O[C@@H]2[C@H](O1)[C@@H](CCc1ccc3cc(F)c(N)nc3c1)O[C@H]2n1ccc2c(Cl)ncnc21. The van der Waals surface area contributed by atoms with Crippen LogP contribution in [0.1, 0.15) is 32.1 Å². The van der Waals surface area contributed by atoms with Gasteiger partial charge in [0.2, 0.25) is 0 Å². The molecule has 0 saturated carbocycles. The molecule has 34 heavy (non-hydrogen) atoms. The van der Waals surface area contributed by atoms with E-state index in [2.05, 4.69) is 15.0 Å². The summed E-state index contributed by atoms with van der Waals surface area (Å²) in [5.41, 5.74) is 8.05.